The number of hydrogen-bond acceptors (Lipinski definition) is 7. The van der Waals surface area contributed by atoms with E-state index in [2.05, 4.69) is 32.5 Å². The lowest BCUT2D eigenvalue weighted by Gasteiger charge is -2.18. The first-order valence-corrected chi connectivity index (χ1v) is 6.09. The first-order chi connectivity index (χ1) is 8.60. The van der Waals surface area contributed by atoms with Gasteiger partial charge in [0.15, 0.2) is 0 Å². The Morgan fingerprint density at radius 2 is 1.89 bits per heavy atom. The summed E-state index contributed by atoms with van der Waals surface area (Å²) in [6.07, 6.45) is 1.58. The lowest BCUT2D eigenvalue weighted by molar-refractivity contribution is 0.278. The van der Waals surface area contributed by atoms with E-state index in [-0.39, 0.29) is 12.6 Å². The predicted octanol–water partition coefficient (Wildman–Crippen LogP) is 0.552. The van der Waals surface area contributed by atoms with Crippen molar-refractivity contribution in [2.45, 2.75) is 25.8 Å². The number of hydrogen-bond donors (Lipinski definition) is 3. The highest BCUT2D eigenvalue weighted by Gasteiger charge is 2.11. The molecule has 0 radical (unpaired) electrons. The molecule has 0 aliphatic carbocycles. The third-order valence-corrected chi connectivity index (χ3v) is 2.55. The number of anilines is 3. The van der Waals surface area contributed by atoms with Gasteiger partial charge in [-0.05, 0) is 12.8 Å². The van der Waals surface area contributed by atoms with Gasteiger partial charge in [0.2, 0.25) is 17.8 Å². The van der Waals surface area contributed by atoms with Gasteiger partial charge in [-0.1, -0.05) is 6.92 Å². The van der Waals surface area contributed by atoms with E-state index >= 15 is 0 Å². The molecule has 0 spiro atoms. The van der Waals surface area contributed by atoms with Gasteiger partial charge in [-0.15, -0.1) is 0 Å². The monoisotopic (exact) mass is 254 g/mol. The normalized spacial score (nSPS) is 12.1. The van der Waals surface area contributed by atoms with Gasteiger partial charge in [-0.25, -0.2) is 0 Å². The van der Waals surface area contributed by atoms with Crippen LogP contribution in [0.1, 0.15) is 19.8 Å². The number of rotatable bonds is 7. The van der Waals surface area contributed by atoms with Crippen LogP contribution in [0.3, 0.4) is 0 Å². The maximum absolute atomic E-state index is 8.98. The van der Waals surface area contributed by atoms with Crippen molar-refractivity contribution in [2.24, 2.45) is 0 Å². The zero-order valence-corrected chi connectivity index (χ0v) is 11.4. The van der Waals surface area contributed by atoms with E-state index in [0.29, 0.717) is 24.3 Å². The maximum atomic E-state index is 8.98. The quantitative estimate of drug-likeness (QED) is 0.655. The molecule has 7 nitrogen and oxygen atoms in total. The van der Waals surface area contributed by atoms with E-state index in [4.69, 9.17) is 5.11 Å². The van der Waals surface area contributed by atoms with Gasteiger partial charge in [0, 0.05) is 33.8 Å². The van der Waals surface area contributed by atoms with Crippen molar-refractivity contribution < 1.29 is 5.11 Å². The Morgan fingerprint density at radius 1 is 1.22 bits per heavy atom. The fourth-order valence-corrected chi connectivity index (χ4v) is 1.46. The molecule has 102 valence electrons. The average Bonchev–Trinajstić information content (AvgIpc) is 2.37. The van der Waals surface area contributed by atoms with E-state index in [0.717, 1.165) is 6.42 Å². The summed E-state index contributed by atoms with van der Waals surface area (Å²) >= 11 is 0. The van der Waals surface area contributed by atoms with Crippen molar-refractivity contribution in [2.75, 3.05) is 43.3 Å². The van der Waals surface area contributed by atoms with Crippen molar-refractivity contribution >= 4 is 17.8 Å². The van der Waals surface area contributed by atoms with Gasteiger partial charge in [-0.3, -0.25) is 0 Å². The summed E-state index contributed by atoms with van der Waals surface area (Å²) in [4.78, 5) is 14.6. The van der Waals surface area contributed by atoms with Gasteiger partial charge in [-0.2, -0.15) is 15.0 Å². The molecule has 1 atom stereocenters. The zero-order valence-electron chi connectivity index (χ0n) is 11.4. The van der Waals surface area contributed by atoms with Crippen LogP contribution in [0, 0.1) is 0 Å². The first kappa shape index (κ1) is 14.4. The Morgan fingerprint density at radius 3 is 2.39 bits per heavy atom. The molecule has 0 saturated carbocycles. The number of nitrogens with zero attached hydrogens (tertiary/aromatic N) is 4. The lowest BCUT2D eigenvalue weighted by Crippen LogP contribution is -2.23. The van der Waals surface area contributed by atoms with Crippen molar-refractivity contribution in [1.82, 2.24) is 15.0 Å². The average molecular weight is 254 g/mol. The van der Waals surface area contributed by atoms with Crippen LogP contribution in [-0.2, 0) is 0 Å². The fraction of sp³-hybridized carbons (Fsp3) is 0.727. The van der Waals surface area contributed by atoms with E-state index in [1.54, 1.807) is 7.05 Å². The van der Waals surface area contributed by atoms with E-state index in [9.17, 15) is 0 Å². The molecule has 1 heterocycles. The Labute approximate surface area is 108 Å². The minimum atomic E-state index is 0.149. The van der Waals surface area contributed by atoms with Crippen molar-refractivity contribution in [3.8, 4) is 0 Å². The molecule has 7 heteroatoms. The van der Waals surface area contributed by atoms with E-state index in [1.807, 2.05) is 19.0 Å². The SMILES string of the molecule is CCC(CCO)Nc1nc(NC)nc(N(C)C)n1. The number of nitrogens with one attached hydrogen (secondary N) is 2. The Hall–Kier alpha value is -1.63. The van der Waals surface area contributed by atoms with Crippen LogP contribution >= 0.6 is 0 Å². The van der Waals surface area contributed by atoms with Crippen LogP contribution in [-0.4, -0.2) is 53.9 Å². The summed E-state index contributed by atoms with van der Waals surface area (Å²) in [6.45, 7) is 2.20. The highest BCUT2D eigenvalue weighted by atomic mass is 16.3. The second-order valence-corrected chi connectivity index (χ2v) is 4.19. The molecule has 0 fully saturated rings. The smallest absolute Gasteiger partial charge is 0.231 e. The summed E-state index contributed by atoms with van der Waals surface area (Å²) in [5.74, 6) is 1.64. The second kappa shape index (κ2) is 6.95. The summed E-state index contributed by atoms with van der Waals surface area (Å²) < 4.78 is 0. The molecule has 0 aromatic carbocycles. The second-order valence-electron chi connectivity index (χ2n) is 4.19. The van der Waals surface area contributed by atoms with Gasteiger partial charge in [0.05, 0.1) is 0 Å². The van der Waals surface area contributed by atoms with Crippen LogP contribution in [0.25, 0.3) is 0 Å². The first-order valence-electron chi connectivity index (χ1n) is 6.09. The Bertz CT molecular complexity index is 371. The van der Waals surface area contributed by atoms with Crippen LogP contribution < -0.4 is 15.5 Å². The summed E-state index contributed by atoms with van der Waals surface area (Å²) in [5, 5.41) is 15.1. The largest absolute Gasteiger partial charge is 0.396 e. The van der Waals surface area contributed by atoms with E-state index < -0.39 is 0 Å². The fourth-order valence-electron chi connectivity index (χ4n) is 1.46. The molecule has 0 amide bonds. The highest BCUT2D eigenvalue weighted by Crippen LogP contribution is 2.13. The topological polar surface area (TPSA) is 86.2 Å². The van der Waals surface area contributed by atoms with Gasteiger partial charge >= 0.3 is 0 Å². The van der Waals surface area contributed by atoms with Crippen molar-refractivity contribution in [1.29, 1.82) is 0 Å². The summed E-state index contributed by atoms with van der Waals surface area (Å²) in [6, 6.07) is 0.164. The predicted molar refractivity (Wildman–Crippen MR) is 73.1 cm³/mol. The number of aliphatic hydroxyl groups is 1. The molecule has 0 aliphatic heterocycles. The molecular weight excluding hydrogens is 232 g/mol. The van der Waals surface area contributed by atoms with Crippen LogP contribution in [0.15, 0.2) is 0 Å². The van der Waals surface area contributed by atoms with E-state index in [1.165, 1.54) is 0 Å². The van der Waals surface area contributed by atoms with Crippen molar-refractivity contribution in [3.05, 3.63) is 0 Å². The molecule has 1 aromatic heterocycles. The minimum absolute atomic E-state index is 0.149. The van der Waals surface area contributed by atoms with Crippen LogP contribution in [0.4, 0.5) is 17.8 Å². The van der Waals surface area contributed by atoms with Crippen LogP contribution in [0.2, 0.25) is 0 Å². The highest BCUT2D eigenvalue weighted by molar-refractivity contribution is 5.43. The number of aromatic nitrogens is 3. The maximum Gasteiger partial charge on any atom is 0.231 e. The third-order valence-electron chi connectivity index (χ3n) is 2.55. The van der Waals surface area contributed by atoms with Gasteiger partial charge in [0.25, 0.3) is 0 Å². The molecule has 3 N–H and O–H groups in total. The molecule has 18 heavy (non-hydrogen) atoms. The molecule has 0 saturated heterocycles. The van der Waals surface area contributed by atoms with Crippen LogP contribution in [0.5, 0.6) is 0 Å². The van der Waals surface area contributed by atoms with Gasteiger partial charge in [0.1, 0.15) is 0 Å². The molecule has 0 aliphatic rings. The number of aliphatic hydroxyl groups excluding tert-OH is 1. The van der Waals surface area contributed by atoms with Crippen molar-refractivity contribution in [3.63, 3.8) is 0 Å². The summed E-state index contributed by atoms with van der Waals surface area (Å²) in [7, 11) is 5.52. The standard InChI is InChI=1S/C11H22N6O/c1-5-8(6-7-18)13-10-14-9(12-2)15-11(16-10)17(3)4/h8,18H,5-7H2,1-4H3,(H2,12,13,14,15,16). The molecule has 1 aromatic rings. The Kier molecular flexibility index (Phi) is 5.57. The Balaban J connectivity index is 2.89. The zero-order chi connectivity index (χ0) is 13.5. The van der Waals surface area contributed by atoms with Gasteiger partial charge < -0.3 is 20.6 Å². The molecule has 0 bridgehead atoms. The minimum Gasteiger partial charge on any atom is -0.396 e. The molecule has 1 unspecified atom stereocenters. The molecular formula is C11H22N6O. The summed E-state index contributed by atoms with van der Waals surface area (Å²) in [5.41, 5.74) is 0. The molecule has 1 rings (SSSR count). The third kappa shape index (κ3) is 3.99. The lowest BCUT2D eigenvalue weighted by atomic mass is 10.2.